The summed E-state index contributed by atoms with van der Waals surface area (Å²) in [7, 11) is 0. The first-order valence-electron chi connectivity index (χ1n) is 4.80. The van der Waals surface area contributed by atoms with Crippen LogP contribution in [0.5, 0.6) is 0 Å². The number of aryl methyl sites for hydroxylation is 1. The number of hydrogen-bond acceptors (Lipinski definition) is 3. The van der Waals surface area contributed by atoms with Gasteiger partial charge >= 0.3 is 0 Å². The molecule has 2 heterocycles. The standard InChI is InChI=1S/C11H8FN3S/c1-6-8(5-13-15-6)11-14-9-3-2-7(12)4-10(9)16-11/h2-5H,1H3,(H,13,15). The Hall–Kier alpha value is -1.75. The van der Waals surface area contributed by atoms with Crippen molar-refractivity contribution in [3.05, 3.63) is 35.9 Å². The molecule has 1 aromatic carbocycles. The van der Waals surface area contributed by atoms with E-state index in [0.29, 0.717) is 0 Å². The Kier molecular flexibility index (Phi) is 2.00. The van der Waals surface area contributed by atoms with Crippen molar-refractivity contribution in [1.29, 1.82) is 0 Å². The highest BCUT2D eigenvalue weighted by molar-refractivity contribution is 7.21. The van der Waals surface area contributed by atoms with E-state index in [0.717, 1.165) is 26.5 Å². The zero-order valence-electron chi connectivity index (χ0n) is 8.49. The normalized spacial score (nSPS) is 11.1. The molecular weight excluding hydrogens is 225 g/mol. The largest absolute Gasteiger partial charge is 0.282 e. The van der Waals surface area contributed by atoms with Gasteiger partial charge in [0.2, 0.25) is 0 Å². The number of aromatic amines is 1. The molecule has 80 valence electrons. The number of H-pyrrole nitrogens is 1. The fourth-order valence-corrected chi connectivity index (χ4v) is 2.64. The smallest absolute Gasteiger partial charge is 0.128 e. The number of thiazole rings is 1. The van der Waals surface area contributed by atoms with Gasteiger partial charge in [0.25, 0.3) is 0 Å². The summed E-state index contributed by atoms with van der Waals surface area (Å²) in [5.41, 5.74) is 2.77. The first-order chi connectivity index (χ1) is 7.74. The molecule has 0 atom stereocenters. The molecule has 5 heteroatoms. The van der Waals surface area contributed by atoms with Crippen molar-refractivity contribution in [1.82, 2.24) is 15.2 Å². The minimum absolute atomic E-state index is 0.230. The van der Waals surface area contributed by atoms with Crippen LogP contribution >= 0.6 is 11.3 Å². The van der Waals surface area contributed by atoms with Crippen LogP contribution in [0.1, 0.15) is 5.69 Å². The highest BCUT2D eigenvalue weighted by atomic mass is 32.1. The maximum Gasteiger partial charge on any atom is 0.128 e. The van der Waals surface area contributed by atoms with Gasteiger partial charge in [0.1, 0.15) is 10.8 Å². The van der Waals surface area contributed by atoms with Gasteiger partial charge in [-0.15, -0.1) is 11.3 Å². The average Bonchev–Trinajstić information content (AvgIpc) is 2.82. The molecule has 16 heavy (non-hydrogen) atoms. The minimum atomic E-state index is -0.230. The fourth-order valence-electron chi connectivity index (χ4n) is 1.58. The van der Waals surface area contributed by atoms with Crippen molar-refractivity contribution in [3.63, 3.8) is 0 Å². The molecule has 0 radical (unpaired) electrons. The number of nitrogens with zero attached hydrogens (tertiary/aromatic N) is 2. The molecule has 3 nitrogen and oxygen atoms in total. The minimum Gasteiger partial charge on any atom is -0.282 e. The predicted octanol–water partition coefficient (Wildman–Crippen LogP) is 3.13. The summed E-state index contributed by atoms with van der Waals surface area (Å²) in [6.45, 7) is 1.94. The number of rotatable bonds is 1. The zero-order chi connectivity index (χ0) is 11.1. The summed E-state index contributed by atoms with van der Waals surface area (Å²) >= 11 is 1.47. The van der Waals surface area contributed by atoms with Crippen LogP contribution < -0.4 is 0 Å². The average molecular weight is 233 g/mol. The highest BCUT2D eigenvalue weighted by Crippen LogP contribution is 2.31. The lowest BCUT2D eigenvalue weighted by Gasteiger charge is -1.89. The maximum atomic E-state index is 13.0. The quantitative estimate of drug-likeness (QED) is 0.701. The van der Waals surface area contributed by atoms with Crippen molar-refractivity contribution in [3.8, 4) is 10.6 Å². The predicted molar refractivity (Wildman–Crippen MR) is 61.9 cm³/mol. The SMILES string of the molecule is Cc1[nH]ncc1-c1nc2ccc(F)cc2s1. The van der Waals surface area contributed by atoms with Crippen molar-refractivity contribution in [2.45, 2.75) is 6.92 Å². The third kappa shape index (κ3) is 1.40. The fraction of sp³-hybridized carbons (Fsp3) is 0.0909. The molecule has 3 rings (SSSR count). The Labute approximate surface area is 95.0 Å². The van der Waals surface area contributed by atoms with E-state index < -0.39 is 0 Å². The Bertz CT molecular complexity index is 656. The van der Waals surface area contributed by atoms with Crippen molar-refractivity contribution in [2.24, 2.45) is 0 Å². The Balaban J connectivity index is 2.23. The summed E-state index contributed by atoms with van der Waals surface area (Å²) < 4.78 is 13.9. The molecule has 0 bridgehead atoms. The van der Waals surface area contributed by atoms with E-state index >= 15 is 0 Å². The van der Waals surface area contributed by atoms with E-state index in [1.807, 2.05) is 6.92 Å². The van der Waals surface area contributed by atoms with Gasteiger partial charge in [0.05, 0.1) is 22.0 Å². The maximum absolute atomic E-state index is 13.0. The third-order valence-electron chi connectivity index (χ3n) is 2.41. The van der Waals surface area contributed by atoms with E-state index in [9.17, 15) is 4.39 Å². The lowest BCUT2D eigenvalue weighted by molar-refractivity contribution is 0.630. The van der Waals surface area contributed by atoms with Crippen LogP contribution in [0.3, 0.4) is 0 Å². The first-order valence-corrected chi connectivity index (χ1v) is 5.62. The van der Waals surface area contributed by atoms with E-state index in [1.54, 1.807) is 12.3 Å². The molecule has 0 aliphatic rings. The number of nitrogens with one attached hydrogen (secondary N) is 1. The summed E-state index contributed by atoms with van der Waals surface area (Å²) in [4.78, 5) is 4.45. The first kappa shape index (κ1) is 9.47. The van der Waals surface area contributed by atoms with Gasteiger partial charge in [-0.05, 0) is 25.1 Å². The number of hydrogen-bond donors (Lipinski definition) is 1. The van der Waals surface area contributed by atoms with Crippen LogP contribution in [0.4, 0.5) is 4.39 Å². The zero-order valence-corrected chi connectivity index (χ0v) is 9.31. The molecule has 0 saturated heterocycles. The van der Waals surface area contributed by atoms with E-state index in [-0.39, 0.29) is 5.82 Å². The van der Waals surface area contributed by atoms with Crippen LogP contribution in [0.2, 0.25) is 0 Å². The molecule has 0 spiro atoms. The molecule has 0 amide bonds. The third-order valence-corrected chi connectivity index (χ3v) is 3.46. The Morgan fingerprint density at radius 1 is 1.38 bits per heavy atom. The van der Waals surface area contributed by atoms with Gasteiger partial charge in [-0.2, -0.15) is 5.10 Å². The van der Waals surface area contributed by atoms with Crippen molar-refractivity contribution < 1.29 is 4.39 Å². The number of halogens is 1. The van der Waals surface area contributed by atoms with E-state index in [2.05, 4.69) is 15.2 Å². The van der Waals surface area contributed by atoms with Crippen molar-refractivity contribution >= 4 is 21.6 Å². The highest BCUT2D eigenvalue weighted by Gasteiger charge is 2.10. The van der Waals surface area contributed by atoms with Crippen LogP contribution in [0.15, 0.2) is 24.4 Å². The van der Waals surface area contributed by atoms with Gasteiger partial charge in [-0.1, -0.05) is 0 Å². The molecule has 0 unspecified atom stereocenters. The number of benzene rings is 1. The van der Waals surface area contributed by atoms with E-state index in [4.69, 9.17) is 0 Å². The monoisotopic (exact) mass is 233 g/mol. The van der Waals surface area contributed by atoms with Gasteiger partial charge in [-0.3, -0.25) is 5.10 Å². The van der Waals surface area contributed by atoms with Gasteiger partial charge in [0.15, 0.2) is 0 Å². The summed E-state index contributed by atoms with van der Waals surface area (Å²) in [6, 6.07) is 4.63. The van der Waals surface area contributed by atoms with Crippen LogP contribution in [0, 0.1) is 12.7 Å². The lowest BCUT2D eigenvalue weighted by Crippen LogP contribution is -1.76. The second-order valence-electron chi connectivity index (χ2n) is 3.54. The number of fused-ring (bicyclic) bond motifs is 1. The molecular formula is C11H8FN3S. The van der Waals surface area contributed by atoms with Gasteiger partial charge < -0.3 is 0 Å². The van der Waals surface area contributed by atoms with Crippen molar-refractivity contribution in [2.75, 3.05) is 0 Å². The molecule has 0 aliphatic carbocycles. The molecule has 2 aromatic heterocycles. The summed E-state index contributed by atoms with van der Waals surface area (Å²) in [5, 5.41) is 7.69. The second-order valence-corrected chi connectivity index (χ2v) is 4.57. The van der Waals surface area contributed by atoms with Crippen LogP contribution in [-0.2, 0) is 0 Å². The summed E-state index contributed by atoms with van der Waals surface area (Å²) in [5.74, 6) is -0.230. The number of aromatic nitrogens is 3. The van der Waals surface area contributed by atoms with Crippen LogP contribution in [-0.4, -0.2) is 15.2 Å². The molecule has 0 saturated carbocycles. The van der Waals surface area contributed by atoms with Gasteiger partial charge in [0, 0.05) is 5.69 Å². The topological polar surface area (TPSA) is 41.6 Å². The lowest BCUT2D eigenvalue weighted by atomic mass is 10.3. The molecule has 0 aliphatic heterocycles. The molecule has 0 fully saturated rings. The van der Waals surface area contributed by atoms with Gasteiger partial charge in [-0.25, -0.2) is 9.37 Å². The Morgan fingerprint density at radius 2 is 2.25 bits per heavy atom. The Morgan fingerprint density at radius 3 is 3.00 bits per heavy atom. The molecule has 3 aromatic rings. The van der Waals surface area contributed by atoms with E-state index in [1.165, 1.54) is 23.5 Å². The molecule has 1 N–H and O–H groups in total. The van der Waals surface area contributed by atoms with Crippen LogP contribution in [0.25, 0.3) is 20.8 Å². The second kappa shape index (κ2) is 3.38. The summed E-state index contributed by atoms with van der Waals surface area (Å²) in [6.07, 6.45) is 1.74.